The van der Waals surface area contributed by atoms with E-state index in [4.69, 9.17) is 14.7 Å². The Morgan fingerprint density at radius 1 is 1.33 bits per heavy atom. The number of ether oxygens (including phenoxy) is 1. The van der Waals surface area contributed by atoms with Crippen molar-refractivity contribution < 1.29 is 4.74 Å². The van der Waals surface area contributed by atoms with Gasteiger partial charge >= 0.3 is 0 Å². The third-order valence-corrected chi connectivity index (χ3v) is 4.72. The molecule has 1 aliphatic rings. The van der Waals surface area contributed by atoms with Crippen LogP contribution in [0.4, 0.5) is 5.82 Å². The van der Waals surface area contributed by atoms with Crippen molar-refractivity contribution >= 4 is 28.4 Å². The van der Waals surface area contributed by atoms with Crippen molar-refractivity contribution in [2.75, 3.05) is 19.0 Å². The molecular weight excluding hydrogens is 377 g/mol. The van der Waals surface area contributed by atoms with Crippen LogP contribution in [0.5, 0.6) is 0 Å². The van der Waals surface area contributed by atoms with E-state index in [9.17, 15) is 0 Å². The maximum atomic E-state index is 5.70. The maximum Gasteiger partial charge on any atom is 0.160 e. The first kappa shape index (κ1) is 16.9. The Balaban J connectivity index is 2.42. The van der Waals surface area contributed by atoms with Crippen LogP contribution < -0.4 is 5.32 Å². The van der Waals surface area contributed by atoms with Crippen molar-refractivity contribution in [1.82, 2.24) is 9.97 Å². The largest absolute Gasteiger partial charge is 0.373 e. The number of rotatable bonds is 6. The summed E-state index contributed by atoms with van der Waals surface area (Å²) in [5.41, 5.74) is 1.18. The monoisotopic (exact) mass is 403 g/mol. The van der Waals surface area contributed by atoms with Crippen molar-refractivity contribution in [2.24, 2.45) is 5.41 Å². The normalized spacial score (nSPS) is 16.9. The van der Waals surface area contributed by atoms with E-state index in [1.54, 1.807) is 7.11 Å². The van der Waals surface area contributed by atoms with E-state index >= 15 is 0 Å². The third-order valence-electron chi connectivity index (χ3n) is 3.66. The third kappa shape index (κ3) is 4.06. The van der Waals surface area contributed by atoms with Crippen molar-refractivity contribution in [1.29, 1.82) is 0 Å². The molecule has 118 valence electrons. The Hall–Kier alpha value is -0.430. The smallest absolute Gasteiger partial charge is 0.160 e. The van der Waals surface area contributed by atoms with Gasteiger partial charge in [0.05, 0.1) is 9.26 Å². The van der Waals surface area contributed by atoms with Crippen LogP contribution >= 0.6 is 22.6 Å². The number of anilines is 1. The van der Waals surface area contributed by atoms with Crippen LogP contribution in [0.15, 0.2) is 0 Å². The molecule has 1 N–H and O–H groups in total. The number of hydrogen-bond donors (Lipinski definition) is 1. The van der Waals surface area contributed by atoms with Gasteiger partial charge in [0.2, 0.25) is 0 Å². The lowest BCUT2D eigenvalue weighted by atomic mass is 9.88. The molecule has 2 rings (SSSR count). The second-order valence-corrected chi connectivity index (χ2v) is 7.89. The Morgan fingerprint density at radius 2 is 2.00 bits per heavy atom. The highest BCUT2D eigenvalue weighted by Gasteiger charge is 2.34. The Morgan fingerprint density at radius 3 is 2.48 bits per heavy atom. The number of nitrogens with one attached hydrogen (secondary N) is 1. The first-order valence-corrected chi connectivity index (χ1v) is 8.80. The predicted molar refractivity (Wildman–Crippen MR) is 94.7 cm³/mol. The van der Waals surface area contributed by atoms with Gasteiger partial charge in [-0.1, -0.05) is 27.7 Å². The van der Waals surface area contributed by atoms with Gasteiger partial charge < -0.3 is 10.1 Å². The minimum absolute atomic E-state index is 0.0234. The number of aromatic nitrogens is 2. The summed E-state index contributed by atoms with van der Waals surface area (Å²) in [7, 11) is 1.74. The van der Waals surface area contributed by atoms with E-state index in [2.05, 4.69) is 55.6 Å². The number of halogens is 1. The number of nitrogens with zero attached hydrogens (tertiary/aromatic N) is 2. The lowest BCUT2D eigenvalue weighted by Crippen LogP contribution is -2.24. The van der Waals surface area contributed by atoms with Crippen molar-refractivity contribution in [3.8, 4) is 0 Å². The molecule has 1 heterocycles. The molecule has 1 aromatic heterocycles. The first-order chi connectivity index (χ1) is 9.88. The quantitative estimate of drug-likeness (QED) is 0.710. The summed E-state index contributed by atoms with van der Waals surface area (Å²) in [4.78, 5) is 9.62. The van der Waals surface area contributed by atoms with E-state index in [-0.39, 0.29) is 11.5 Å². The Kier molecular flexibility index (Phi) is 5.46. The zero-order chi connectivity index (χ0) is 15.6. The van der Waals surface area contributed by atoms with Gasteiger partial charge in [-0.3, -0.25) is 0 Å². The van der Waals surface area contributed by atoms with Crippen molar-refractivity contribution in [3.05, 3.63) is 15.1 Å². The molecule has 1 atom stereocenters. The lowest BCUT2D eigenvalue weighted by molar-refractivity contribution is 0.00858. The Labute approximate surface area is 141 Å². The summed E-state index contributed by atoms with van der Waals surface area (Å²) in [6.45, 7) is 9.59. The fourth-order valence-corrected chi connectivity index (χ4v) is 3.31. The lowest BCUT2D eigenvalue weighted by Gasteiger charge is -2.29. The van der Waals surface area contributed by atoms with Crippen LogP contribution in [0.25, 0.3) is 0 Å². The highest BCUT2D eigenvalue weighted by Crippen LogP contribution is 2.43. The predicted octanol–water partition coefficient (Wildman–Crippen LogP) is 4.51. The van der Waals surface area contributed by atoms with E-state index in [1.807, 2.05) is 0 Å². The molecular formula is C16H26IN3O. The van der Waals surface area contributed by atoms with Crippen molar-refractivity contribution in [3.63, 3.8) is 0 Å². The fourth-order valence-electron chi connectivity index (χ4n) is 2.43. The topological polar surface area (TPSA) is 47.0 Å². The van der Waals surface area contributed by atoms with Gasteiger partial charge in [-0.25, -0.2) is 9.97 Å². The average molecular weight is 403 g/mol. The van der Waals surface area contributed by atoms with Gasteiger partial charge in [-0.2, -0.15) is 0 Å². The fraction of sp³-hybridized carbons (Fsp3) is 0.750. The molecule has 21 heavy (non-hydrogen) atoms. The zero-order valence-corrected chi connectivity index (χ0v) is 15.8. The van der Waals surface area contributed by atoms with Gasteiger partial charge in [0, 0.05) is 19.6 Å². The van der Waals surface area contributed by atoms with Gasteiger partial charge in [0.15, 0.2) is 5.82 Å². The highest BCUT2D eigenvalue weighted by atomic mass is 127. The standard InChI is InChI=1S/C16H26IN3O/c1-6-9-18-14-11(17)12(10-7-8-10)19-15(20-14)13(21-5)16(2,3)4/h10,13H,6-9H2,1-5H3,(H,18,19,20). The molecule has 0 radical (unpaired) electrons. The van der Waals surface area contributed by atoms with E-state index in [1.165, 1.54) is 22.1 Å². The second kappa shape index (κ2) is 6.77. The SMILES string of the molecule is CCCNc1nc(C(OC)C(C)(C)C)nc(C2CC2)c1I. The summed E-state index contributed by atoms with van der Waals surface area (Å²) in [5.74, 6) is 2.39. The van der Waals surface area contributed by atoms with Crippen LogP contribution in [-0.2, 0) is 4.74 Å². The van der Waals surface area contributed by atoms with Gasteiger partial charge in [-0.15, -0.1) is 0 Å². The molecule has 0 amide bonds. The minimum atomic E-state index is -0.0887. The van der Waals surface area contributed by atoms with E-state index in [0.29, 0.717) is 5.92 Å². The molecule has 1 aromatic rings. The summed E-state index contributed by atoms with van der Waals surface area (Å²) in [5, 5.41) is 3.44. The van der Waals surface area contributed by atoms with Crippen LogP contribution in [0, 0.1) is 8.99 Å². The molecule has 1 aliphatic carbocycles. The molecule has 0 bridgehead atoms. The molecule has 5 heteroatoms. The maximum absolute atomic E-state index is 5.70. The first-order valence-electron chi connectivity index (χ1n) is 7.72. The van der Waals surface area contributed by atoms with Gasteiger partial charge in [0.1, 0.15) is 11.9 Å². The van der Waals surface area contributed by atoms with Crippen LogP contribution in [0.3, 0.4) is 0 Å². The minimum Gasteiger partial charge on any atom is -0.373 e. The second-order valence-electron chi connectivity index (χ2n) is 6.81. The average Bonchev–Trinajstić information content (AvgIpc) is 3.22. The molecule has 0 spiro atoms. The summed E-state index contributed by atoms with van der Waals surface area (Å²) < 4.78 is 6.88. The highest BCUT2D eigenvalue weighted by molar-refractivity contribution is 14.1. The van der Waals surface area contributed by atoms with Gasteiger partial charge in [-0.05, 0) is 47.3 Å². The molecule has 0 aromatic carbocycles. The van der Waals surface area contributed by atoms with Crippen LogP contribution in [-0.4, -0.2) is 23.6 Å². The van der Waals surface area contributed by atoms with E-state index in [0.717, 1.165) is 24.6 Å². The zero-order valence-electron chi connectivity index (χ0n) is 13.7. The summed E-state index contributed by atoms with van der Waals surface area (Å²) >= 11 is 2.38. The molecule has 1 fully saturated rings. The molecule has 4 nitrogen and oxygen atoms in total. The Bertz CT molecular complexity index is 495. The van der Waals surface area contributed by atoms with Crippen LogP contribution in [0.2, 0.25) is 0 Å². The molecule has 1 saturated carbocycles. The molecule has 0 aliphatic heterocycles. The summed E-state index contributed by atoms with van der Waals surface area (Å²) in [6.07, 6.45) is 3.48. The van der Waals surface area contributed by atoms with E-state index < -0.39 is 0 Å². The number of hydrogen-bond acceptors (Lipinski definition) is 4. The summed E-state index contributed by atoms with van der Waals surface area (Å²) in [6, 6.07) is 0. The van der Waals surface area contributed by atoms with Gasteiger partial charge in [0.25, 0.3) is 0 Å². The molecule has 1 unspecified atom stereocenters. The van der Waals surface area contributed by atoms with Crippen LogP contribution in [0.1, 0.15) is 70.5 Å². The number of methoxy groups -OCH3 is 1. The molecule has 0 saturated heterocycles. The van der Waals surface area contributed by atoms with Crippen molar-refractivity contribution in [2.45, 2.75) is 59.0 Å².